The first-order valence-corrected chi connectivity index (χ1v) is 10.5. The average molecular weight is 382 g/mol. The summed E-state index contributed by atoms with van der Waals surface area (Å²) in [5.74, 6) is 0. The van der Waals surface area contributed by atoms with Gasteiger partial charge in [0, 0.05) is 18.7 Å². The van der Waals surface area contributed by atoms with Gasteiger partial charge in [0.2, 0.25) is 0 Å². The highest BCUT2D eigenvalue weighted by Crippen LogP contribution is 2.25. The molecule has 0 saturated carbocycles. The number of hydrogen-bond donors (Lipinski definition) is 1. The van der Waals surface area contributed by atoms with Gasteiger partial charge in [-0.3, -0.25) is 0 Å². The maximum Gasteiger partial charge on any atom is 0.322 e. The number of nitrogens with one attached hydrogen (secondary N) is 1. The van der Waals surface area contributed by atoms with Crippen LogP contribution in [0.15, 0.2) is 71.6 Å². The fourth-order valence-electron chi connectivity index (χ4n) is 2.93. The van der Waals surface area contributed by atoms with Crippen LogP contribution in [0.4, 0.5) is 10.5 Å². The van der Waals surface area contributed by atoms with Gasteiger partial charge in [-0.2, -0.15) is 0 Å². The highest BCUT2D eigenvalue weighted by atomic mass is 32.2. The standard InChI is InChI=1S/C21H22N2O3S/c1-15(16-11-13-18(14-12-16)27(3,25)26)23(2)21(24)22-20-10-6-8-17-7-4-5-9-19(17)20/h4-15H,1-3H3,(H,22,24). The van der Waals surface area contributed by atoms with Gasteiger partial charge in [-0.25, -0.2) is 13.2 Å². The van der Waals surface area contributed by atoms with Crippen LogP contribution in [0, 0.1) is 0 Å². The molecular formula is C21H22N2O3S. The van der Waals surface area contributed by atoms with Crippen molar-refractivity contribution in [1.82, 2.24) is 4.90 Å². The Hall–Kier alpha value is -2.86. The quantitative estimate of drug-likeness (QED) is 0.724. The molecule has 2 amide bonds. The van der Waals surface area contributed by atoms with Crippen molar-refractivity contribution in [3.05, 3.63) is 72.3 Å². The second kappa shape index (κ2) is 7.40. The van der Waals surface area contributed by atoms with Crippen molar-refractivity contribution < 1.29 is 13.2 Å². The Labute approximate surface area is 159 Å². The van der Waals surface area contributed by atoms with E-state index < -0.39 is 9.84 Å². The third kappa shape index (κ3) is 4.11. The molecule has 0 saturated heterocycles. The largest absolute Gasteiger partial charge is 0.322 e. The first kappa shape index (κ1) is 18.9. The van der Waals surface area contributed by atoms with E-state index in [1.165, 1.54) is 6.26 Å². The van der Waals surface area contributed by atoms with Crippen LogP contribution in [0.5, 0.6) is 0 Å². The number of urea groups is 1. The lowest BCUT2D eigenvalue weighted by Gasteiger charge is -2.26. The topological polar surface area (TPSA) is 66.5 Å². The SMILES string of the molecule is CC(c1ccc(S(C)(=O)=O)cc1)N(C)C(=O)Nc1cccc2ccccc12. The fraction of sp³-hybridized carbons (Fsp3) is 0.190. The second-order valence-corrected chi connectivity index (χ2v) is 8.60. The summed E-state index contributed by atoms with van der Waals surface area (Å²) in [6.07, 6.45) is 1.18. The van der Waals surface area contributed by atoms with Gasteiger partial charge in [-0.1, -0.05) is 48.5 Å². The van der Waals surface area contributed by atoms with E-state index in [1.54, 1.807) is 36.2 Å². The molecule has 0 aliphatic heterocycles. The molecule has 3 aromatic carbocycles. The Kier molecular flexibility index (Phi) is 5.19. The normalized spacial score (nSPS) is 12.6. The van der Waals surface area contributed by atoms with Gasteiger partial charge in [0.1, 0.15) is 0 Å². The number of sulfone groups is 1. The van der Waals surface area contributed by atoms with Crippen LogP contribution in [0.1, 0.15) is 18.5 Å². The summed E-state index contributed by atoms with van der Waals surface area (Å²) in [4.78, 5) is 14.6. The van der Waals surface area contributed by atoms with Gasteiger partial charge in [0.15, 0.2) is 9.84 Å². The summed E-state index contributed by atoms with van der Waals surface area (Å²) in [5, 5.41) is 5.00. The average Bonchev–Trinajstić information content (AvgIpc) is 2.66. The summed E-state index contributed by atoms with van der Waals surface area (Å²) >= 11 is 0. The van der Waals surface area contributed by atoms with Gasteiger partial charge >= 0.3 is 6.03 Å². The van der Waals surface area contributed by atoms with Gasteiger partial charge in [-0.05, 0) is 36.1 Å². The minimum atomic E-state index is -3.24. The number of rotatable bonds is 4. The van der Waals surface area contributed by atoms with Crippen LogP contribution in [0.25, 0.3) is 10.8 Å². The number of carbonyl (C=O) groups is 1. The summed E-state index contributed by atoms with van der Waals surface area (Å²) in [6.45, 7) is 1.90. The highest BCUT2D eigenvalue weighted by molar-refractivity contribution is 7.90. The van der Waals surface area contributed by atoms with Crippen LogP contribution in [-0.4, -0.2) is 32.7 Å². The molecule has 1 atom stereocenters. The number of carbonyl (C=O) groups excluding carboxylic acids is 1. The molecule has 0 radical (unpaired) electrons. The molecule has 5 nitrogen and oxygen atoms in total. The first-order chi connectivity index (χ1) is 12.8. The second-order valence-electron chi connectivity index (χ2n) is 6.58. The Morgan fingerprint density at radius 3 is 2.26 bits per heavy atom. The van der Waals surface area contributed by atoms with E-state index in [0.29, 0.717) is 0 Å². The number of amides is 2. The van der Waals surface area contributed by atoms with Crippen LogP contribution < -0.4 is 5.32 Å². The molecule has 0 aliphatic carbocycles. The Balaban J connectivity index is 1.78. The lowest BCUT2D eigenvalue weighted by molar-refractivity contribution is 0.208. The molecule has 0 bridgehead atoms. The zero-order chi connectivity index (χ0) is 19.6. The number of hydrogen-bond acceptors (Lipinski definition) is 3. The molecule has 6 heteroatoms. The first-order valence-electron chi connectivity index (χ1n) is 8.59. The number of benzene rings is 3. The zero-order valence-electron chi connectivity index (χ0n) is 15.5. The molecule has 0 heterocycles. The van der Waals surface area contributed by atoms with Crippen molar-refractivity contribution >= 4 is 32.3 Å². The maximum absolute atomic E-state index is 12.7. The van der Waals surface area contributed by atoms with Crippen LogP contribution in [0.3, 0.4) is 0 Å². The van der Waals surface area contributed by atoms with Gasteiger partial charge in [0.05, 0.1) is 16.6 Å². The molecule has 1 N–H and O–H groups in total. The van der Waals surface area contributed by atoms with Crippen LogP contribution >= 0.6 is 0 Å². The number of fused-ring (bicyclic) bond motifs is 1. The number of anilines is 1. The van der Waals surface area contributed by atoms with Gasteiger partial charge in [-0.15, -0.1) is 0 Å². The molecule has 1 unspecified atom stereocenters. The predicted molar refractivity (Wildman–Crippen MR) is 109 cm³/mol. The summed E-state index contributed by atoms with van der Waals surface area (Å²) in [7, 11) is -1.52. The summed E-state index contributed by atoms with van der Waals surface area (Å²) in [6, 6.07) is 19.8. The summed E-state index contributed by atoms with van der Waals surface area (Å²) < 4.78 is 23.2. The number of nitrogens with zero attached hydrogens (tertiary/aromatic N) is 1. The molecule has 3 aromatic rings. The van der Waals surface area contributed by atoms with E-state index in [1.807, 2.05) is 49.4 Å². The minimum absolute atomic E-state index is 0.214. The monoisotopic (exact) mass is 382 g/mol. The van der Waals surface area contributed by atoms with Crippen molar-refractivity contribution in [2.24, 2.45) is 0 Å². The minimum Gasteiger partial charge on any atom is -0.321 e. The van der Waals surface area contributed by atoms with Crippen molar-refractivity contribution in [3.63, 3.8) is 0 Å². The molecule has 3 rings (SSSR count). The van der Waals surface area contributed by atoms with Crippen molar-refractivity contribution in [2.75, 3.05) is 18.6 Å². The molecule has 27 heavy (non-hydrogen) atoms. The fourth-order valence-corrected chi connectivity index (χ4v) is 3.56. The summed E-state index contributed by atoms with van der Waals surface area (Å²) in [5.41, 5.74) is 1.61. The van der Waals surface area contributed by atoms with Crippen molar-refractivity contribution in [1.29, 1.82) is 0 Å². The van der Waals surface area contributed by atoms with Gasteiger partial charge in [0.25, 0.3) is 0 Å². The predicted octanol–water partition coefficient (Wildman–Crippen LogP) is 4.47. The molecular weight excluding hydrogens is 360 g/mol. The van der Waals surface area contributed by atoms with E-state index >= 15 is 0 Å². The van der Waals surface area contributed by atoms with E-state index in [2.05, 4.69) is 5.32 Å². The third-order valence-electron chi connectivity index (χ3n) is 4.72. The molecule has 140 valence electrons. The third-order valence-corrected chi connectivity index (χ3v) is 5.85. The molecule has 0 aliphatic rings. The van der Waals surface area contributed by atoms with E-state index in [4.69, 9.17) is 0 Å². The molecule has 0 aromatic heterocycles. The molecule has 0 fully saturated rings. The molecule has 0 spiro atoms. The zero-order valence-corrected chi connectivity index (χ0v) is 16.3. The van der Waals surface area contributed by atoms with Crippen molar-refractivity contribution in [3.8, 4) is 0 Å². The van der Waals surface area contributed by atoms with E-state index in [9.17, 15) is 13.2 Å². The lowest BCUT2D eigenvalue weighted by Crippen LogP contribution is -2.33. The van der Waals surface area contributed by atoms with Crippen molar-refractivity contribution in [2.45, 2.75) is 17.9 Å². The van der Waals surface area contributed by atoms with Crippen LogP contribution in [-0.2, 0) is 9.84 Å². The van der Waals surface area contributed by atoms with Crippen LogP contribution in [0.2, 0.25) is 0 Å². The maximum atomic E-state index is 12.7. The lowest BCUT2D eigenvalue weighted by atomic mass is 10.1. The Morgan fingerprint density at radius 2 is 1.59 bits per heavy atom. The Morgan fingerprint density at radius 1 is 0.963 bits per heavy atom. The van der Waals surface area contributed by atoms with E-state index in [0.717, 1.165) is 22.0 Å². The van der Waals surface area contributed by atoms with Gasteiger partial charge < -0.3 is 10.2 Å². The smallest absolute Gasteiger partial charge is 0.321 e. The highest BCUT2D eigenvalue weighted by Gasteiger charge is 2.19. The Bertz CT molecular complexity index is 1070. The van der Waals surface area contributed by atoms with E-state index in [-0.39, 0.29) is 17.0 Å².